The number of hydrogen-bond acceptors (Lipinski definition) is 4. The molecule has 1 aliphatic heterocycles. The number of carboxylic acids is 1. The van der Waals surface area contributed by atoms with E-state index in [1.54, 1.807) is 6.07 Å². The summed E-state index contributed by atoms with van der Waals surface area (Å²) < 4.78 is 35.3. The van der Waals surface area contributed by atoms with Gasteiger partial charge in [0.15, 0.2) is 0 Å². The van der Waals surface area contributed by atoms with Gasteiger partial charge in [0.05, 0.1) is 12.6 Å². The van der Waals surface area contributed by atoms with Crippen molar-refractivity contribution in [2.75, 3.05) is 13.2 Å². The Morgan fingerprint density at radius 3 is 2.54 bits per heavy atom. The second kappa shape index (κ2) is 12.4. The quantitative estimate of drug-likeness (QED) is 0.300. The van der Waals surface area contributed by atoms with E-state index in [2.05, 4.69) is 0 Å². The van der Waals surface area contributed by atoms with Crippen molar-refractivity contribution in [3.05, 3.63) is 72.3 Å². The average Bonchev–Trinajstić information content (AvgIpc) is 2.86. The minimum atomic E-state index is -3.52. The first-order chi connectivity index (χ1) is 16.8. The number of aliphatic carboxylic acids is 1. The van der Waals surface area contributed by atoms with Crippen LogP contribution in [0, 0.1) is 0 Å². The van der Waals surface area contributed by atoms with E-state index in [4.69, 9.17) is 9.84 Å². The minimum absolute atomic E-state index is 0.109. The van der Waals surface area contributed by atoms with Crippen LogP contribution in [0.1, 0.15) is 44.1 Å². The maximum Gasteiger partial charge on any atom is 0.410 e. The molecule has 0 aliphatic carbocycles. The number of ether oxygens (including phenoxy) is 1. The number of alkyl halides is 2. The van der Waals surface area contributed by atoms with Gasteiger partial charge in [-0.3, -0.25) is 4.79 Å². The second-order valence-corrected chi connectivity index (χ2v) is 8.62. The topological polar surface area (TPSA) is 87.1 Å². The molecule has 0 aromatic heterocycles. The maximum absolute atomic E-state index is 15.1. The lowest BCUT2D eigenvalue weighted by Gasteiger charge is -2.33. The highest BCUT2D eigenvalue weighted by atomic mass is 19.3. The van der Waals surface area contributed by atoms with Gasteiger partial charge >= 0.3 is 18.0 Å². The number of aliphatic hydroxyl groups is 1. The first-order valence-corrected chi connectivity index (χ1v) is 11.8. The summed E-state index contributed by atoms with van der Waals surface area (Å²) in [6.07, 6.45) is 3.13. The molecule has 6 nitrogen and oxygen atoms in total. The van der Waals surface area contributed by atoms with Crippen LogP contribution in [0.5, 0.6) is 0 Å². The van der Waals surface area contributed by atoms with Crippen molar-refractivity contribution in [1.82, 2.24) is 4.90 Å². The third kappa shape index (κ3) is 7.36. The molecule has 2 N–H and O–H groups in total. The van der Waals surface area contributed by atoms with Gasteiger partial charge in [0, 0.05) is 24.9 Å². The lowest BCUT2D eigenvalue weighted by molar-refractivity contribution is -0.137. The third-order valence-electron chi connectivity index (χ3n) is 6.06. The summed E-state index contributed by atoms with van der Waals surface area (Å²) in [4.78, 5) is 24.3. The van der Waals surface area contributed by atoms with Crippen LogP contribution >= 0.6 is 0 Å². The standard InChI is InChI=1S/C27H31F2NO5/c28-27(29,22-12-8-11-21(19-22)20-9-4-3-5-10-20)24(31)15-14-23-16-18-35-26(34)30(23)17-7-2-1-6-13-25(32)33/h3-5,8-12,14-15,19,23-24,31H,1-2,6-7,13,16-18H2,(H,32,33)/t23-,24+/m0/s1. The molecular formula is C27H31F2NO5. The molecule has 1 saturated heterocycles. The van der Waals surface area contributed by atoms with E-state index in [-0.39, 0.29) is 18.6 Å². The average molecular weight is 488 g/mol. The van der Waals surface area contributed by atoms with Gasteiger partial charge in [-0.15, -0.1) is 0 Å². The number of amides is 1. The number of hydrogen-bond donors (Lipinski definition) is 2. The van der Waals surface area contributed by atoms with Crippen LogP contribution in [-0.2, 0) is 15.5 Å². The van der Waals surface area contributed by atoms with Crippen LogP contribution in [-0.4, -0.2) is 52.5 Å². The molecule has 35 heavy (non-hydrogen) atoms. The summed E-state index contributed by atoms with van der Waals surface area (Å²) in [5, 5.41) is 19.1. The monoisotopic (exact) mass is 487 g/mol. The van der Waals surface area contributed by atoms with Gasteiger partial charge in [-0.2, -0.15) is 8.78 Å². The van der Waals surface area contributed by atoms with Crippen molar-refractivity contribution in [3.63, 3.8) is 0 Å². The third-order valence-corrected chi connectivity index (χ3v) is 6.06. The molecule has 0 bridgehead atoms. The first-order valence-electron chi connectivity index (χ1n) is 11.8. The molecule has 1 heterocycles. The number of unbranched alkanes of at least 4 members (excludes halogenated alkanes) is 3. The zero-order valence-electron chi connectivity index (χ0n) is 19.5. The van der Waals surface area contributed by atoms with Gasteiger partial charge < -0.3 is 19.8 Å². The predicted octanol–water partition coefficient (Wildman–Crippen LogP) is 5.61. The molecule has 2 atom stereocenters. The molecule has 3 rings (SSSR count). The number of benzene rings is 2. The molecule has 8 heteroatoms. The molecule has 0 radical (unpaired) electrons. The second-order valence-electron chi connectivity index (χ2n) is 8.62. The van der Waals surface area contributed by atoms with Crippen LogP contribution in [0.15, 0.2) is 66.7 Å². The number of halogens is 2. The molecular weight excluding hydrogens is 456 g/mol. The van der Waals surface area contributed by atoms with Gasteiger partial charge in [0.25, 0.3) is 0 Å². The Bertz CT molecular complexity index is 1010. The Balaban J connectivity index is 1.63. The molecule has 188 valence electrons. The first kappa shape index (κ1) is 26.3. The molecule has 1 amide bonds. The summed E-state index contributed by atoms with van der Waals surface area (Å²) in [7, 11) is 0. The number of carboxylic acid groups (broad SMARTS) is 1. The number of nitrogens with zero attached hydrogens (tertiary/aromatic N) is 1. The smallest absolute Gasteiger partial charge is 0.410 e. The molecule has 2 aromatic carbocycles. The lowest BCUT2D eigenvalue weighted by Crippen LogP contribution is -2.45. The Hall–Kier alpha value is -3.26. The van der Waals surface area contributed by atoms with Crippen molar-refractivity contribution in [1.29, 1.82) is 0 Å². The molecule has 1 fully saturated rings. The SMILES string of the molecule is O=C(O)CCCCCCN1C(=O)OCC[C@@H]1C=C[C@@H](O)C(F)(F)c1cccc(-c2ccccc2)c1. The molecule has 0 spiro atoms. The Morgan fingerprint density at radius 1 is 1.09 bits per heavy atom. The number of aliphatic hydroxyl groups excluding tert-OH is 1. The molecule has 0 saturated carbocycles. The van der Waals surface area contributed by atoms with Crippen molar-refractivity contribution < 1.29 is 33.3 Å². The van der Waals surface area contributed by atoms with Gasteiger partial charge in [0.2, 0.25) is 0 Å². The van der Waals surface area contributed by atoms with E-state index in [1.165, 1.54) is 29.2 Å². The van der Waals surface area contributed by atoms with Gasteiger partial charge in [0.1, 0.15) is 6.10 Å². The van der Waals surface area contributed by atoms with E-state index >= 15 is 8.78 Å². The highest BCUT2D eigenvalue weighted by Crippen LogP contribution is 2.35. The molecule has 1 aliphatic rings. The summed E-state index contributed by atoms with van der Waals surface area (Å²) in [5.41, 5.74) is 1.13. The molecule has 0 unspecified atom stereocenters. The van der Waals surface area contributed by atoms with Crippen LogP contribution in [0.2, 0.25) is 0 Å². The number of carbonyl (C=O) groups is 2. The van der Waals surface area contributed by atoms with Crippen LogP contribution in [0.3, 0.4) is 0 Å². The fourth-order valence-corrected chi connectivity index (χ4v) is 4.07. The predicted molar refractivity (Wildman–Crippen MR) is 128 cm³/mol. The highest BCUT2D eigenvalue weighted by Gasteiger charge is 2.39. The Kier molecular flexibility index (Phi) is 9.37. The van der Waals surface area contributed by atoms with Crippen molar-refractivity contribution in [2.45, 2.75) is 56.6 Å². The number of rotatable bonds is 12. The minimum Gasteiger partial charge on any atom is -0.481 e. The number of carbonyl (C=O) groups excluding carboxylic acids is 1. The van der Waals surface area contributed by atoms with Crippen LogP contribution in [0.25, 0.3) is 11.1 Å². The highest BCUT2D eigenvalue weighted by molar-refractivity contribution is 5.69. The van der Waals surface area contributed by atoms with E-state index in [9.17, 15) is 14.7 Å². The van der Waals surface area contributed by atoms with E-state index in [1.807, 2.05) is 30.3 Å². The van der Waals surface area contributed by atoms with E-state index in [0.29, 0.717) is 31.4 Å². The van der Waals surface area contributed by atoms with Crippen molar-refractivity contribution >= 4 is 12.1 Å². The zero-order valence-corrected chi connectivity index (χ0v) is 19.5. The lowest BCUT2D eigenvalue weighted by atomic mass is 9.97. The Morgan fingerprint density at radius 2 is 1.80 bits per heavy atom. The van der Waals surface area contributed by atoms with Crippen LogP contribution in [0.4, 0.5) is 13.6 Å². The normalized spacial score (nSPS) is 17.4. The van der Waals surface area contributed by atoms with Crippen LogP contribution < -0.4 is 0 Å². The summed E-state index contributed by atoms with van der Waals surface area (Å²) in [5.74, 6) is -4.36. The fourth-order valence-electron chi connectivity index (χ4n) is 4.07. The van der Waals surface area contributed by atoms with E-state index < -0.39 is 30.1 Å². The fraction of sp³-hybridized carbons (Fsp3) is 0.407. The van der Waals surface area contributed by atoms with Crippen molar-refractivity contribution in [3.8, 4) is 11.1 Å². The summed E-state index contributed by atoms with van der Waals surface area (Å²) in [6.45, 7) is 0.543. The van der Waals surface area contributed by atoms with E-state index in [0.717, 1.165) is 24.5 Å². The van der Waals surface area contributed by atoms with Gasteiger partial charge in [-0.25, -0.2) is 4.79 Å². The summed E-state index contributed by atoms with van der Waals surface area (Å²) in [6, 6.07) is 14.6. The molecule has 2 aromatic rings. The zero-order chi connectivity index (χ0) is 25.3. The van der Waals surface area contributed by atoms with Gasteiger partial charge in [-0.05, 0) is 30.0 Å². The maximum atomic E-state index is 15.1. The van der Waals surface area contributed by atoms with Gasteiger partial charge in [-0.1, -0.05) is 73.5 Å². The largest absolute Gasteiger partial charge is 0.481 e. The summed E-state index contributed by atoms with van der Waals surface area (Å²) >= 11 is 0. The number of cyclic esters (lactones) is 1. The van der Waals surface area contributed by atoms with Crippen molar-refractivity contribution in [2.24, 2.45) is 0 Å². The Labute approximate surface area is 203 Å².